The molecule has 0 spiro atoms. The Labute approximate surface area is 116 Å². The Morgan fingerprint density at radius 3 is 2.74 bits per heavy atom. The molecule has 2 unspecified atom stereocenters. The Morgan fingerprint density at radius 2 is 2.11 bits per heavy atom. The number of nitrogens with one attached hydrogen (secondary N) is 1. The van der Waals surface area contributed by atoms with Crippen LogP contribution in [-0.2, 0) is 0 Å². The summed E-state index contributed by atoms with van der Waals surface area (Å²) in [5, 5.41) is 3.38. The quantitative estimate of drug-likeness (QED) is 0.903. The van der Waals surface area contributed by atoms with Crippen LogP contribution in [0.1, 0.15) is 49.7 Å². The standard InChI is InChI=1S/C16H26N2O/c1-12-6-9-15(19-12)16-13(11-17-2)5-3-4-10-18(16)14-7-8-14/h6,9,13-14,16-17H,3-5,7-8,10-11H2,1-2H3. The maximum atomic E-state index is 5.99. The van der Waals surface area contributed by atoms with Crippen molar-refractivity contribution in [2.45, 2.75) is 51.1 Å². The molecular formula is C16H26N2O. The molecule has 2 fully saturated rings. The van der Waals surface area contributed by atoms with Crippen molar-refractivity contribution in [3.63, 3.8) is 0 Å². The van der Waals surface area contributed by atoms with Gasteiger partial charge in [-0.3, -0.25) is 4.90 Å². The molecular weight excluding hydrogens is 236 g/mol. The van der Waals surface area contributed by atoms with Gasteiger partial charge in [0.2, 0.25) is 0 Å². The Bertz CT molecular complexity index is 411. The molecule has 1 aromatic heterocycles. The third kappa shape index (κ3) is 2.87. The largest absolute Gasteiger partial charge is 0.465 e. The van der Waals surface area contributed by atoms with Crippen molar-refractivity contribution in [3.8, 4) is 0 Å². The smallest absolute Gasteiger partial charge is 0.121 e. The molecule has 2 atom stereocenters. The highest BCUT2D eigenvalue weighted by Crippen LogP contribution is 2.42. The number of likely N-dealkylation sites (tertiary alicyclic amines) is 1. The lowest BCUT2D eigenvalue weighted by Crippen LogP contribution is -2.37. The van der Waals surface area contributed by atoms with Crippen molar-refractivity contribution in [2.75, 3.05) is 20.1 Å². The molecule has 1 aliphatic heterocycles. The molecule has 19 heavy (non-hydrogen) atoms. The molecule has 1 aromatic rings. The zero-order valence-corrected chi connectivity index (χ0v) is 12.2. The molecule has 3 rings (SSSR count). The zero-order chi connectivity index (χ0) is 13.2. The summed E-state index contributed by atoms with van der Waals surface area (Å²) in [5.41, 5.74) is 0. The summed E-state index contributed by atoms with van der Waals surface area (Å²) < 4.78 is 5.99. The number of rotatable bonds is 4. The van der Waals surface area contributed by atoms with E-state index in [1.165, 1.54) is 44.4 Å². The van der Waals surface area contributed by atoms with Gasteiger partial charge in [-0.1, -0.05) is 6.42 Å². The first kappa shape index (κ1) is 13.2. The summed E-state index contributed by atoms with van der Waals surface area (Å²) in [4.78, 5) is 2.73. The van der Waals surface area contributed by atoms with Gasteiger partial charge in [0.15, 0.2) is 0 Å². The van der Waals surface area contributed by atoms with Crippen molar-refractivity contribution < 1.29 is 4.42 Å². The van der Waals surface area contributed by atoms with E-state index in [2.05, 4.69) is 36.3 Å². The second kappa shape index (κ2) is 5.68. The molecule has 0 amide bonds. The lowest BCUT2D eigenvalue weighted by molar-refractivity contribution is 0.124. The van der Waals surface area contributed by atoms with Gasteiger partial charge in [0, 0.05) is 6.04 Å². The highest BCUT2D eigenvalue weighted by atomic mass is 16.3. The number of nitrogens with zero attached hydrogens (tertiary/aromatic N) is 1. The number of aryl methyl sites for hydroxylation is 1. The summed E-state index contributed by atoms with van der Waals surface area (Å²) in [6, 6.07) is 5.61. The van der Waals surface area contributed by atoms with Crippen LogP contribution < -0.4 is 5.32 Å². The van der Waals surface area contributed by atoms with E-state index < -0.39 is 0 Å². The SMILES string of the molecule is CNCC1CCCCN(C2CC2)C1c1ccc(C)o1. The van der Waals surface area contributed by atoms with Gasteiger partial charge in [-0.25, -0.2) is 0 Å². The Balaban J connectivity index is 1.88. The third-order valence-corrected chi connectivity index (χ3v) is 4.58. The van der Waals surface area contributed by atoms with Crippen LogP contribution in [-0.4, -0.2) is 31.1 Å². The molecule has 0 radical (unpaired) electrons. The second-order valence-electron chi connectivity index (χ2n) is 6.18. The van der Waals surface area contributed by atoms with Crippen LogP contribution in [0.4, 0.5) is 0 Å². The van der Waals surface area contributed by atoms with Crippen molar-refractivity contribution in [2.24, 2.45) is 5.92 Å². The van der Waals surface area contributed by atoms with Gasteiger partial charge < -0.3 is 9.73 Å². The van der Waals surface area contributed by atoms with Crippen LogP contribution in [0.2, 0.25) is 0 Å². The molecule has 3 heteroatoms. The van der Waals surface area contributed by atoms with Gasteiger partial charge in [0.05, 0.1) is 6.04 Å². The molecule has 2 aliphatic rings. The summed E-state index contributed by atoms with van der Waals surface area (Å²) in [6.45, 7) is 4.39. The molecule has 3 nitrogen and oxygen atoms in total. The monoisotopic (exact) mass is 262 g/mol. The fraction of sp³-hybridized carbons (Fsp3) is 0.750. The molecule has 1 saturated heterocycles. The van der Waals surface area contributed by atoms with Crippen molar-refractivity contribution in [3.05, 3.63) is 23.7 Å². The Kier molecular flexibility index (Phi) is 3.94. The molecule has 1 aliphatic carbocycles. The number of furan rings is 1. The molecule has 106 valence electrons. The van der Waals surface area contributed by atoms with Gasteiger partial charge in [0.25, 0.3) is 0 Å². The minimum atomic E-state index is 0.483. The van der Waals surface area contributed by atoms with Gasteiger partial charge in [-0.15, -0.1) is 0 Å². The van der Waals surface area contributed by atoms with Crippen LogP contribution in [0.5, 0.6) is 0 Å². The van der Waals surface area contributed by atoms with E-state index in [1.54, 1.807) is 0 Å². The summed E-state index contributed by atoms with van der Waals surface area (Å²) in [5.74, 6) is 2.91. The first-order valence-electron chi connectivity index (χ1n) is 7.76. The van der Waals surface area contributed by atoms with Gasteiger partial charge in [-0.05, 0) is 70.8 Å². The maximum absolute atomic E-state index is 5.99. The van der Waals surface area contributed by atoms with Gasteiger partial charge in [-0.2, -0.15) is 0 Å². The first-order chi connectivity index (χ1) is 9.29. The van der Waals surface area contributed by atoms with E-state index in [9.17, 15) is 0 Å². The minimum absolute atomic E-state index is 0.483. The third-order valence-electron chi connectivity index (χ3n) is 4.58. The van der Waals surface area contributed by atoms with E-state index in [-0.39, 0.29) is 0 Å². The van der Waals surface area contributed by atoms with Crippen LogP contribution in [0.3, 0.4) is 0 Å². The average molecular weight is 262 g/mol. The van der Waals surface area contributed by atoms with E-state index in [0.717, 1.165) is 18.3 Å². The van der Waals surface area contributed by atoms with Crippen molar-refractivity contribution in [1.29, 1.82) is 0 Å². The minimum Gasteiger partial charge on any atom is -0.465 e. The van der Waals surface area contributed by atoms with Crippen molar-refractivity contribution in [1.82, 2.24) is 10.2 Å². The fourth-order valence-corrected chi connectivity index (χ4v) is 3.57. The molecule has 1 saturated carbocycles. The highest BCUT2D eigenvalue weighted by molar-refractivity contribution is 5.13. The summed E-state index contributed by atoms with van der Waals surface area (Å²) in [6.07, 6.45) is 6.76. The zero-order valence-electron chi connectivity index (χ0n) is 12.2. The number of hydrogen-bond acceptors (Lipinski definition) is 3. The predicted octanol–water partition coefficient (Wildman–Crippen LogP) is 3.11. The van der Waals surface area contributed by atoms with Gasteiger partial charge >= 0.3 is 0 Å². The van der Waals surface area contributed by atoms with E-state index >= 15 is 0 Å². The summed E-state index contributed by atoms with van der Waals surface area (Å²) >= 11 is 0. The average Bonchev–Trinajstić information content (AvgIpc) is 3.17. The van der Waals surface area contributed by atoms with Crippen LogP contribution in [0.15, 0.2) is 16.5 Å². The lowest BCUT2D eigenvalue weighted by Gasteiger charge is -2.34. The van der Waals surface area contributed by atoms with Gasteiger partial charge in [0.1, 0.15) is 11.5 Å². The fourth-order valence-electron chi connectivity index (χ4n) is 3.57. The van der Waals surface area contributed by atoms with E-state index in [1.807, 2.05) is 0 Å². The molecule has 0 bridgehead atoms. The normalized spacial score (nSPS) is 29.4. The Hall–Kier alpha value is -0.800. The second-order valence-corrected chi connectivity index (χ2v) is 6.18. The summed E-state index contributed by atoms with van der Waals surface area (Å²) in [7, 11) is 2.07. The first-order valence-corrected chi connectivity index (χ1v) is 7.76. The van der Waals surface area contributed by atoms with Crippen LogP contribution in [0, 0.1) is 12.8 Å². The molecule has 0 aromatic carbocycles. The number of hydrogen-bond donors (Lipinski definition) is 1. The lowest BCUT2D eigenvalue weighted by atomic mass is 9.92. The van der Waals surface area contributed by atoms with E-state index in [4.69, 9.17) is 4.42 Å². The van der Waals surface area contributed by atoms with Crippen LogP contribution >= 0.6 is 0 Å². The van der Waals surface area contributed by atoms with Crippen molar-refractivity contribution >= 4 is 0 Å². The maximum Gasteiger partial charge on any atom is 0.121 e. The van der Waals surface area contributed by atoms with E-state index in [0.29, 0.717) is 12.0 Å². The van der Waals surface area contributed by atoms with Crippen LogP contribution in [0.25, 0.3) is 0 Å². The predicted molar refractivity (Wildman–Crippen MR) is 77.2 cm³/mol. The molecule has 2 heterocycles. The highest BCUT2D eigenvalue weighted by Gasteiger charge is 2.40. The topological polar surface area (TPSA) is 28.4 Å². The molecule has 1 N–H and O–H groups in total. The Morgan fingerprint density at radius 1 is 1.26 bits per heavy atom.